The van der Waals surface area contributed by atoms with E-state index in [1.54, 1.807) is 16.5 Å². The van der Waals surface area contributed by atoms with Crippen LogP contribution in [0.2, 0.25) is 0 Å². The van der Waals surface area contributed by atoms with Crippen LogP contribution >= 0.6 is 12.6 Å². The van der Waals surface area contributed by atoms with Crippen molar-refractivity contribution in [3.8, 4) is 0 Å². The Kier molecular flexibility index (Phi) is 15.1. The van der Waals surface area contributed by atoms with Gasteiger partial charge in [-0.05, 0) is 62.6 Å². The summed E-state index contributed by atoms with van der Waals surface area (Å²) in [5.74, 6) is 0. The van der Waals surface area contributed by atoms with Gasteiger partial charge in [0, 0.05) is 11.7 Å². The lowest BCUT2D eigenvalue weighted by molar-refractivity contribution is 0.678. The van der Waals surface area contributed by atoms with Gasteiger partial charge in [-0.1, -0.05) is 80.6 Å². The van der Waals surface area contributed by atoms with Crippen molar-refractivity contribution in [2.45, 2.75) is 59.9 Å². The molecule has 1 aliphatic carbocycles. The zero-order chi connectivity index (χ0) is 20.5. The van der Waals surface area contributed by atoms with E-state index >= 15 is 0 Å². The third-order valence-corrected chi connectivity index (χ3v) is 4.23. The molecule has 2 heteroatoms. The zero-order valence-corrected chi connectivity index (χ0v) is 18.6. The maximum Gasteiger partial charge on any atom is 0.0483 e. The van der Waals surface area contributed by atoms with Crippen LogP contribution in [0.4, 0.5) is 0 Å². The van der Waals surface area contributed by atoms with Gasteiger partial charge in [-0.15, -0.1) is 0 Å². The normalized spacial score (nSPS) is 14.3. The van der Waals surface area contributed by atoms with Gasteiger partial charge in [-0.25, -0.2) is 0 Å². The van der Waals surface area contributed by atoms with E-state index in [-0.39, 0.29) is 6.04 Å². The molecule has 1 aromatic carbocycles. The summed E-state index contributed by atoms with van der Waals surface area (Å²) in [5.41, 5.74) is 5.38. The van der Waals surface area contributed by atoms with Crippen LogP contribution in [-0.4, -0.2) is 6.04 Å². The molecule has 0 spiro atoms. The van der Waals surface area contributed by atoms with Crippen LogP contribution in [0, 0.1) is 0 Å². The fraction of sp³-hybridized carbons (Fsp3) is 0.360. The highest BCUT2D eigenvalue weighted by molar-refractivity contribution is 7.83. The van der Waals surface area contributed by atoms with Crippen molar-refractivity contribution in [3.05, 3.63) is 95.1 Å². The molecule has 1 nitrogen and oxygen atoms in total. The summed E-state index contributed by atoms with van der Waals surface area (Å²) in [4.78, 5) is 0. The topological polar surface area (TPSA) is 12.0 Å². The van der Waals surface area contributed by atoms with Gasteiger partial charge < -0.3 is 5.32 Å². The molecule has 0 saturated carbocycles. The molecule has 0 aliphatic heterocycles. The Hall–Kier alpha value is -1.93. The summed E-state index contributed by atoms with van der Waals surface area (Å²) in [6.07, 6.45) is 15.8. The first-order chi connectivity index (χ1) is 13.1. The van der Waals surface area contributed by atoms with Gasteiger partial charge in [0.05, 0.1) is 0 Å². The molecular weight excluding hydrogens is 346 g/mol. The van der Waals surface area contributed by atoms with E-state index in [9.17, 15) is 0 Å². The molecule has 0 aromatic heterocycles. The van der Waals surface area contributed by atoms with E-state index in [0.717, 1.165) is 17.7 Å². The number of rotatable bonds is 7. The second-order valence-corrected chi connectivity index (χ2v) is 6.43. The van der Waals surface area contributed by atoms with Crippen molar-refractivity contribution in [1.29, 1.82) is 0 Å². The van der Waals surface area contributed by atoms with E-state index < -0.39 is 0 Å². The molecule has 0 amide bonds. The Morgan fingerprint density at radius 3 is 2.15 bits per heavy atom. The molecule has 1 N–H and O–H groups in total. The summed E-state index contributed by atoms with van der Waals surface area (Å²) in [7, 11) is 0. The van der Waals surface area contributed by atoms with Crippen LogP contribution in [0.3, 0.4) is 0 Å². The Balaban J connectivity index is 0.000000550. The summed E-state index contributed by atoms with van der Waals surface area (Å²) in [5, 5.41) is 5.20. The number of hydrogen-bond acceptors (Lipinski definition) is 2. The Morgan fingerprint density at radius 2 is 1.74 bits per heavy atom. The van der Waals surface area contributed by atoms with Crippen LogP contribution < -0.4 is 5.32 Å². The first-order valence-electron chi connectivity index (χ1n) is 9.83. The third kappa shape index (κ3) is 11.4. The van der Waals surface area contributed by atoms with E-state index in [1.165, 1.54) is 12.8 Å². The molecule has 1 aliphatic rings. The summed E-state index contributed by atoms with van der Waals surface area (Å²) < 4.78 is 0. The number of benzene rings is 1. The van der Waals surface area contributed by atoms with Gasteiger partial charge in [0.1, 0.15) is 0 Å². The predicted molar refractivity (Wildman–Crippen MR) is 127 cm³/mol. The minimum Gasteiger partial charge on any atom is -0.382 e. The van der Waals surface area contributed by atoms with Crippen LogP contribution in [0.15, 0.2) is 84.0 Å². The van der Waals surface area contributed by atoms with E-state index in [2.05, 4.69) is 73.9 Å². The maximum atomic E-state index is 4.12. The molecular formula is C25H37NS. The Morgan fingerprint density at radius 1 is 1.15 bits per heavy atom. The minimum atomic E-state index is 0.289. The van der Waals surface area contributed by atoms with E-state index in [0.29, 0.717) is 0 Å². The zero-order valence-electron chi connectivity index (χ0n) is 17.7. The second kappa shape index (κ2) is 16.3. The molecule has 1 aromatic rings. The quantitative estimate of drug-likeness (QED) is 0.288. The molecule has 1 atom stereocenters. The predicted octanol–water partition coefficient (Wildman–Crippen LogP) is 7.20. The number of hydrogen-bond donors (Lipinski definition) is 2. The number of nitrogens with one attached hydrogen (secondary N) is 1. The van der Waals surface area contributed by atoms with Crippen molar-refractivity contribution >= 4 is 12.6 Å². The van der Waals surface area contributed by atoms with Crippen LogP contribution in [0.5, 0.6) is 0 Å². The Labute approximate surface area is 173 Å². The van der Waals surface area contributed by atoms with Gasteiger partial charge in [0.25, 0.3) is 0 Å². The highest BCUT2D eigenvalue weighted by Crippen LogP contribution is 2.20. The van der Waals surface area contributed by atoms with Gasteiger partial charge in [-0.3, -0.25) is 0 Å². The maximum absolute atomic E-state index is 4.12. The number of fused-ring (bicyclic) bond motifs is 1. The summed E-state index contributed by atoms with van der Waals surface area (Å²) in [6, 6.07) is 8.92. The smallest absolute Gasteiger partial charge is 0.0483 e. The second-order valence-electron chi connectivity index (χ2n) is 6.13. The lowest BCUT2D eigenvalue weighted by Gasteiger charge is -2.16. The van der Waals surface area contributed by atoms with Gasteiger partial charge in [0.2, 0.25) is 0 Å². The third-order valence-electron chi connectivity index (χ3n) is 4.06. The SMILES string of the molecule is C=C/C(C)=C\C=C(/C)NC(/C=C\S)C/C=C/C.CC.c1ccc2c(c1)CC2. The molecule has 2 rings (SSSR count). The van der Waals surface area contributed by atoms with Gasteiger partial charge in [0.15, 0.2) is 0 Å². The van der Waals surface area contributed by atoms with E-state index in [1.807, 2.05) is 45.9 Å². The van der Waals surface area contributed by atoms with Crippen molar-refractivity contribution in [3.63, 3.8) is 0 Å². The van der Waals surface area contributed by atoms with Crippen LogP contribution in [0.25, 0.3) is 0 Å². The highest BCUT2D eigenvalue weighted by atomic mass is 32.1. The summed E-state index contributed by atoms with van der Waals surface area (Å²) in [6.45, 7) is 13.8. The summed E-state index contributed by atoms with van der Waals surface area (Å²) >= 11 is 4.12. The average Bonchev–Trinajstić information content (AvgIpc) is 2.67. The first kappa shape index (κ1) is 25.1. The largest absolute Gasteiger partial charge is 0.382 e. The van der Waals surface area contributed by atoms with Crippen molar-refractivity contribution in [1.82, 2.24) is 5.32 Å². The lowest BCUT2D eigenvalue weighted by Crippen LogP contribution is -2.24. The van der Waals surface area contributed by atoms with Crippen molar-refractivity contribution in [2.24, 2.45) is 0 Å². The molecule has 0 saturated heterocycles. The first-order valence-corrected chi connectivity index (χ1v) is 10.3. The van der Waals surface area contributed by atoms with Crippen LogP contribution in [0.1, 0.15) is 52.2 Å². The lowest BCUT2D eigenvalue weighted by atomic mass is 9.89. The van der Waals surface area contributed by atoms with Crippen LogP contribution in [-0.2, 0) is 12.8 Å². The molecule has 0 bridgehead atoms. The highest BCUT2D eigenvalue weighted by Gasteiger charge is 2.09. The molecule has 1 unspecified atom stereocenters. The molecule has 0 heterocycles. The fourth-order valence-electron chi connectivity index (χ4n) is 2.38. The monoisotopic (exact) mass is 383 g/mol. The fourth-order valence-corrected chi connectivity index (χ4v) is 2.58. The average molecular weight is 384 g/mol. The van der Waals surface area contributed by atoms with Gasteiger partial charge in [-0.2, -0.15) is 12.6 Å². The number of thiol groups is 1. The molecule has 148 valence electrons. The molecule has 27 heavy (non-hydrogen) atoms. The molecule has 0 fully saturated rings. The Bertz CT molecular complexity index is 627. The van der Waals surface area contributed by atoms with Crippen molar-refractivity contribution < 1.29 is 0 Å². The van der Waals surface area contributed by atoms with Crippen molar-refractivity contribution in [2.75, 3.05) is 0 Å². The molecule has 0 radical (unpaired) electrons. The number of aryl methyl sites for hydroxylation is 2. The standard InChI is InChI=1S/C15H23NS.C8H8.C2H6/c1-5-7-8-15(11-12-17)16-14(4)10-9-13(3)6-2;1-2-4-8-6-5-7(8)3-1;1-2/h5-7,9-12,15-17H,2,8H2,1,3-4H3;1-4H,5-6H2;1-2H3/b7-5+,12-11-,13-9-,14-10+;;. The van der Waals surface area contributed by atoms with Gasteiger partial charge >= 0.3 is 0 Å². The van der Waals surface area contributed by atoms with E-state index in [4.69, 9.17) is 0 Å². The minimum absolute atomic E-state index is 0.289. The number of allylic oxidation sites excluding steroid dienone is 6.